The monoisotopic (exact) mass is 526 g/mol. The van der Waals surface area contributed by atoms with Crippen molar-refractivity contribution in [2.75, 3.05) is 26.4 Å². The first-order valence-corrected chi connectivity index (χ1v) is 13.8. The van der Waals surface area contributed by atoms with Crippen LogP contribution in [-0.2, 0) is 11.3 Å². The average Bonchev–Trinajstić information content (AvgIpc) is 3.58. The molecule has 3 heterocycles. The lowest BCUT2D eigenvalue weighted by Crippen LogP contribution is -2.24. The van der Waals surface area contributed by atoms with E-state index in [4.69, 9.17) is 14.2 Å². The lowest BCUT2D eigenvalue weighted by Gasteiger charge is -2.26. The van der Waals surface area contributed by atoms with Crippen molar-refractivity contribution in [1.29, 1.82) is 0 Å². The number of aromatic nitrogens is 5. The molecular weight excluding hydrogens is 492 g/mol. The molecule has 2 aromatic carbocycles. The van der Waals surface area contributed by atoms with E-state index in [1.54, 1.807) is 18.6 Å². The quantitative estimate of drug-likeness (QED) is 0.166. The average molecular weight is 527 g/mol. The van der Waals surface area contributed by atoms with Crippen LogP contribution in [0.3, 0.4) is 0 Å². The van der Waals surface area contributed by atoms with Gasteiger partial charge in [0, 0.05) is 35.3 Å². The molecule has 0 aliphatic heterocycles. The number of hydrogen-bond acceptors (Lipinski definition) is 7. The van der Waals surface area contributed by atoms with E-state index in [-0.39, 0.29) is 0 Å². The van der Waals surface area contributed by atoms with Crippen LogP contribution in [0.4, 0.5) is 0 Å². The third-order valence-electron chi connectivity index (χ3n) is 7.13. The molecule has 202 valence electrons. The van der Waals surface area contributed by atoms with Crippen LogP contribution in [0.15, 0.2) is 61.1 Å². The third-order valence-corrected chi connectivity index (χ3v) is 7.13. The minimum atomic E-state index is 0.403. The van der Waals surface area contributed by atoms with Gasteiger partial charge >= 0.3 is 0 Å². The van der Waals surface area contributed by atoms with E-state index in [1.165, 1.54) is 30.3 Å². The molecular formula is C30H34N6O3. The topological polar surface area (TPSA) is 110 Å². The maximum atomic E-state index is 6.05. The van der Waals surface area contributed by atoms with Gasteiger partial charge in [-0.25, -0.2) is 0 Å². The Morgan fingerprint density at radius 3 is 2.74 bits per heavy atom. The van der Waals surface area contributed by atoms with Crippen LogP contribution in [0, 0.1) is 0 Å². The van der Waals surface area contributed by atoms with Gasteiger partial charge in [-0.3, -0.25) is 5.10 Å². The maximum absolute atomic E-state index is 6.05. The van der Waals surface area contributed by atoms with E-state index in [0.29, 0.717) is 25.9 Å². The van der Waals surface area contributed by atoms with Crippen LogP contribution in [0.2, 0.25) is 0 Å². The Labute approximate surface area is 227 Å². The summed E-state index contributed by atoms with van der Waals surface area (Å²) in [6.07, 6.45) is 11.3. The molecule has 1 aliphatic carbocycles. The second-order valence-electron chi connectivity index (χ2n) is 10.00. The fourth-order valence-corrected chi connectivity index (χ4v) is 4.78. The molecule has 3 aromatic heterocycles. The molecule has 0 radical (unpaired) electrons. The van der Waals surface area contributed by atoms with Gasteiger partial charge in [0.25, 0.3) is 0 Å². The van der Waals surface area contributed by atoms with Gasteiger partial charge in [-0.1, -0.05) is 0 Å². The molecule has 0 amide bonds. The highest BCUT2D eigenvalue weighted by molar-refractivity contribution is 5.89. The largest absolute Gasteiger partial charge is 0.490 e. The highest BCUT2D eigenvalue weighted by Crippen LogP contribution is 2.31. The Hall–Kier alpha value is -3.95. The number of ether oxygens (including phenoxy) is 3. The van der Waals surface area contributed by atoms with Crippen molar-refractivity contribution in [2.45, 2.75) is 44.8 Å². The lowest BCUT2D eigenvalue weighted by atomic mass is 9.96. The molecule has 1 saturated carbocycles. The predicted octanol–water partition coefficient (Wildman–Crippen LogP) is 5.40. The molecule has 6 rings (SSSR count). The molecule has 0 bridgehead atoms. The molecule has 9 heteroatoms. The highest BCUT2D eigenvalue weighted by Gasteiger charge is 2.19. The zero-order valence-electron chi connectivity index (χ0n) is 22.0. The number of hydrogen-bond donors (Lipinski definition) is 3. The van der Waals surface area contributed by atoms with E-state index >= 15 is 0 Å². The Bertz CT molecular complexity index is 1490. The van der Waals surface area contributed by atoms with Gasteiger partial charge in [0.1, 0.15) is 18.1 Å². The van der Waals surface area contributed by atoms with Gasteiger partial charge in [0.15, 0.2) is 0 Å². The zero-order valence-corrected chi connectivity index (χ0v) is 22.0. The first-order chi connectivity index (χ1) is 19.3. The second kappa shape index (κ2) is 12.3. The zero-order chi connectivity index (χ0) is 26.3. The molecule has 5 aromatic rings. The first-order valence-electron chi connectivity index (χ1n) is 13.8. The first kappa shape index (κ1) is 25.3. The van der Waals surface area contributed by atoms with Crippen LogP contribution < -0.4 is 14.8 Å². The molecule has 0 saturated heterocycles. The summed E-state index contributed by atoms with van der Waals surface area (Å²) in [6.45, 7) is 3.49. The SMILES string of the molecule is c1cc(-c2cc(OCCOCCCCNCc3cc4cc(OC5CCC5)ccc4[nH]3)c3cn[nH]c3c2)cnn1. The van der Waals surface area contributed by atoms with Crippen molar-refractivity contribution in [2.24, 2.45) is 0 Å². The van der Waals surface area contributed by atoms with Crippen molar-refractivity contribution in [3.05, 3.63) is 66.7 Å². The van der Waals surface area contributed by atoms with Crippen molar-refractivity contribution in [3.63, 3.8) is 0 Å². The summed E-state index contributed by atoms with van der Waals surface area (Å²) in [6, 6.07) is 14.5. The minimum Gasteiger partial charge on any atom is -0.490 e. The second-order valence-corrected chi connectivity index (χ2v) is 10.00. The van der Waals surface area contributed by atoms with E-state index in [2.05, 4.69) is 55.0 Å². The summed E-state index contributed by atoms with van der Waals surface area (Å²) < 4.78 is 17.9. The van der Waals surface area contributed by atoms with Crippen molar-refractivity contribution in [3.8, 4) is 22.6 Å². The summed E-state index contributed by atoms with van der Waals surface area (Å²) in [5.74, 6) is 1.75. The molecule has 0 atom stereocenters. The van der Waals surface area contributed by atoms with Crippen molar-refractivity contribution >= 4 is 21.8 Å². The number of aromatic amines is 2. The van der Waals surface area contributed by atoms with E-state index in [1.807, 2.05) is 18.2 Å². The standard InChI is InChI=1S/C30H34N6O3/c1(9-31-19-24-14-23-15-26(6-7-28(23)35-24)39-25-4-3-5-25)2-11-37-12-13-38-30-17-22(21-8-10-32-33-18-21)16-29-27(30)20-34-36-29/h6-8,10,14-18,20,25,31,35H,1-5,9,11-13,19H2,(H,34,36). The van der Waals surface area contributed by atoms with Crippen LogP contribution in [0.5, 0.6) is 11.5 Å². The summed E-state index contributed by atoms with van der Waals surface area (Å²) in [5, 5.41) is 20.7. The van der Waals surface area contributed by atoms with E-state index in [0.717, 1.165) is 65.0 Å². The number of H-pyrrole nitrogens is 2. The number of nitrogens with zero attached hydrogens (tertiary/aromatic N) is 3. The van der Waals surface area contributed by atoms with Gasteiger partial charge < -0.3 is 24.5 Å². The van der Waals surface area contributed by atoms with Crippen LogP contribution in [-0.4, -0.2) is 57.8 Å². The van der Waals surface area contributed by atoms with Crippen LogP contribution >= 0.6 is 0 Å². The Morgan fingerprint density at radius 2 is 1.87 bits per heavy atom. The number of unbranched alkanes of at least 4 members (excludes halogenated alkanes) is 1. The fraction of sp³-hybridized carbons (Fsp3) is 0.367. The van der Waals surface area contributed by atoms with E-state index in [9.17, 15) is 0 Å². The number of fused-ring (bicyclic) bond motifs is 2. The normalized spacial score (nSPS) is 13.6. The van der Waals surface area contributed by atoms with Crippen LogP contribution in [0.1, 0.15) is 37.8 Å². The smallest absolute Gasteiger partial charge is 0.131 e. The summed E-state index contributed by atoms with van der Waals surface area (Å²) >= 11 is 0. The Morgan fingerprint density at radius 1 is 0.897 bits per heavy atom. The molecule has 0 spiro atoms. The van der Waals surface area contributed by atoms with Crippen molar-refractivity contribution < 1.29 is 14.2 Å². The van der Waals surface area contributed by atoms with E-state index < -0.39 is 0 Å². The highest BCUT2D eigenvalue weighted by atomic mass is 16.5. The Balaban J connectivity index is 0.875. The number of benzene rings is 2. The molecule has 1 fully saturated rings. The van der Waals surface area contributed by atoms with Gasteiger partial charge in [-0.15, -0.1) is 0 Å². The van der Waals surface area contributed by atoms with Gasteiger partial charge in [-0.05, 0) is 86.7 Å². The van der Waals surface area contributed by atoms with Crippen molar-refractivity contribution in [1.82, 2.24) is 30.7 Å². The molecule has 3 N–H and O–H groups in total. The number of rotatable bonds is 14. The number of nitrogens with one attached hydrogen (secondary N) is 3. The fourth-order valence-electron chi connectivity index (χ4n) is 4.78. The molecule has 9 nitrogen and oxygen atoms in total. The predicted molar refractivity (Wildman–Crippen MR) is 151 cm³/mol. The maximum Gasteiger partial charge on any atom is 0.131 e. The lowest BCUT2D eigenvalue weighted by molar-refractivity contribution is 0.0979. The summed E-state index contributed by atoms with van der Waals surface area (Å²) in [4.78, 5) is 3.50. The van der Waals surface area contributed by atoms with Crippen LogP contribution in [0.25, 0.3) is 32.9 Å². The molecule has 0 unspecified atom stereocenters. The molecule has 1 aliphatic rings. The Kier molecular flexibility index (Phi) is 7.97. The van der Waals surface area contributed by atoms with Gasteiger partial charge in [0.05, 0.1) is 42.2 Å². The van der Waals surface area contributed by atoms with Gasteiger partial charge in [0.2, 0.25) is 0 Å². The minimum absolute atomic E-state index is 0.403. The summed E-state index contributed by atoms with van der Waals surface area (Å²) in [5.41, 5.74) is 5.24. The van der Waals surface area contributed by atoms with Gasteiger partial charge in [-0.2, -0.15) is 15.3 Å². The molecule has 39 heavy (non-hydrogen) atoms. The third kappa shape index (κ3) is 6.38. The summed E-state index contributed by atoms with van der Waals surface area (Å²) in [7, 11) is 0.